The van der Waals surface area contributed by atoms with Crippen molar-refractivity contribution in [1.82, 2.24) is 19.5 Å². The van der Waals surface area contributed by atoms with Crippen molar-refractivity contribution in [3.05, 3.63) is 59.4 Å². The van der Waals surface area contributed by atoms with Gasteiger partial charge in [0.25, 0.3) is 0 Å². The fourth-order valence-electron chi connectivity index (χ4n) is 3.07. The lowest BCUT2D eigenvalue weighted by Crippen LogP contribution is -2.10. The number of ether oxygens (including phenoxy) is 1. The zero-order chi connectivity index (χ0) is 19.7. The third kappa shape index (κ3) is 3.57. The second-order valence-electron chi connectivity index (χ2n) is 6.33. The van der Waals surface area contributed by atoms with E-state index in [1.165, 1.54) is 0 Å². The van der Waals surface area contributed by atoms with Crippen molar-refractivity contribution in [2.45, 2.75) is 13.5 Å². The van der Waals surface area contributed by atoms with E-state index in [0.29, 0.717) is 35.6 Å². The number of nitrogen functional groups attached to an aromatic ring is 2. The number of fused-ring (bicyclic) bond motifs is 1. The molecule has 3 aromatic heterocycles. The van der Waals surface area contributed by atoms with E-state index >= 15 is 0 Å². The van der Waals surface area contributed by atoms with E-state index in [4.69, 9.17) is 32.8 Å². The number of pyridine rings is 2. The largest absolute Gasteiger partial charge is 0.490 e. The lowest BCUT2D eigenvalue weighted by Gasteiger charge is -2.10. The molecule has 0 amide bonds. The van der Waals surface area contributed by atoms with Crippen molar-refractivity contribution in [3.63, 3.8) is 0 Å². The van der Waals surface area contributed by atoms with Gasteiger partial charge >= 0.3 is 0 Å². The molecular formula is C20H19ClN6O. The van der Waals surface area contributed by atoms with Crippen molar-refractivity contribution < 1.29 is 4.74 Å². The smallest absolute Gasteiger partial charge is 0.160 e. The Morgan fingerprint density at radius 2 is 1.75 bits per heavy atom. The molecule has 0 bridgehead atoms. The number of aromatic nitrogens is 4. The highest BCUT2D eigenvalue weighted by Crippen LogP contribution is 2.25. The lowest BCUT2D eigenvalue weighted by atomic mass is 10.1. The highest BCUT2D eigenvalue weighted by atomic mass is 35.5. The van der Waals surface area contributed by atoms with E-state index in [2.05, 4.69) is 9.97 Å². The summed E-state index contributed by atoms with van der Waals surface area (Å²) in [5, 5.41) is 0.586. The number of rotatable bonds is 5. The van der Waals surface area contributed by atoms with Gasteiger partial charge in [0.05, 0.1) is 17.3 Å². The number of halogens is 1. The Morgan fingerprint density at radius 1 is 1.00 bits per heavy atom. The number of hydrogen-bond acceptors (Lipinski definition) is 6. The molecule has 0 spiro atoms. The molecular weight excluding hydrogens is 376 g/mol. The normalized spacial score (nSPS) is 11.1. The first kappa shape index (κ1) is 18.1. The molecule has 8 heteroatoms. The van der Waals surface area contributed by atoms with Gasteiger partial charge in [0.1, 0.15) is 35.3 Å². The molecule has 142 valence electrons. The van der Waals surface area contributed by atoms with E-state index in [9.17, 15) is 0 Å². The first-order chi connectivity index (χ1) is 13.5. The molecule has 4 N–H and O–H groups in total. The maximum absolute atomic E-state index is 6.14. The molecule has 0 aliphatic heterocycles. The summed E-state index contributed by atoms with van der Waals surface area (Å²) < 4.78 is 7.83. The first-order valence-corrected chi connectivity index (χ1v) is 9.13. The number of nitrogens with zero attached hydrogens (tertiary/aromatic N) is 4. The molecule has 0 aliphatic carbocycles. The molecule has 0 saturated heterocycles. The van der Waals surface area contributed by atoms with Gasteiger partial charge in [0.15, 0.2) is 5.65 Å². The van der Waals surface area contributed by atoms with E-state index in [-0.39, 0.29) is 0 Å². The fourth-order valence-corrected chi connectivity index (χ4v) is 3.26. The van der Waals surface area contributed by atoms with Gasteiger partial charge in [-0.2, -0.15) is 0 Å². The van der Waals surface area contributed by atoms with Crippen LogP contribution in [0, 0.1) is 6.92 Å². The topological polar surface area (TPSA) is 105 Å². The molecule has 0 atom stereocenters. The predicted octanol–water partition coefficient (Wildman–Crippen LogP) is 3.70. The quantitative estimate of drug-likeness (QED) is 0.534. The van der Waals surface area contributed by atoms with Crippen LogP contribution in [0.3, 0.4) is 0 Å². The molecule has 0 unspecified atom stereocenters. The minimum Gasteiger partial charge on any atom is -0.490 e. The molecule has 4 rings (SSSR count). The Labute approximate surface area is 166 Å². The van der Waals surface area contributed by atoms with Crippen molar-refractivity contribution in [2.24, 2.45) is 0 Å². The molecule has 3 heterocycles. The summed E-state index contributed by atoms with van der Waals surface area (Å²) in [6.07, 6.45) is 0. The van der Waals surface area contributed by atoms with Crippen molar-refractivity contribution >= 4 is 34.4 Å². The van der Waals surface area contributed by atoms with Crippen LogP contribution in [0.25, 0.3) is 22.4 Å². The number of anilines is 2. The van der Waals surface area contributed by atoms with Crippen LogP contribution in [0.4, 0.5) is 11.6 Å². The summed E-state index contributed by atoms with van der Waals surface area (Å²) >= 11 is 6.14. The summed E-state index contributed by atoms with van der Waals surface area (Å²) in [6, 6.07) is 14.7. The van der Waals surface area contributed by atoms with Gasteiger partial charge in [-0.1, -0.05) is 23.7 Å². The number of hydrogen-bond donors (Lipinski definition) is 2. The van der Waals surface area contributed by atoms with Gasteiger partial charge in [0.2, 0.25) is 0 Å². The Bertz CT molecular complexity index is 1140. The third-order valence-electron chi connectivity index (χ3n) is 4.35. The Balaban J connectivity index is 1.63. The molecule has 28 heavy (non-hydrogen) atoms. The van der Waals surface area contributed by atoms with Crippen LogP contribution in [-0.4, -0.2) is 26.1 Å². The summed E-state index contributed by atoms with van der Waals surface area (Å²) in [5.41, 5.74) is 14.8. The average molecular weight is 395 g/mol. The highest BCUT2D eigenvalue weighted by molar-refractivity contribution is 6.32. The monoisotopic (exact) mass is 394 g/mol. The van der Waals surface area contributed by atoms with Gasteiger partial charge in [-0.25, -0.2) is 15.0 Å². The minimum atomic E-state index is 0.356. The lowest BCUT2D eigenvalue weighted by molar-refractivity contribution is 0.299. The zero-order valence-electron chi connectivity index (χ0n) is 15.3. The highest BCUT2D eigenvalue weighted by Gasteiger charge is 2.12. The second kappa shape index (κ2) is 7.36. The molecule has 7 nitrogen and oxygen atoms in total. The predicted molar refractivity (Wildman–Crippen MR) is 111 cm³/mol. The van der Waals surface area contributed by atoms with Crippen LogP contribution in [0.5, 0.6) is 5.75 Å². The summed E-state index contributed by atoms with van der Waals surface area (Å²) in [6.45, 7) is 2.97. The Hall–Kier alpha value is -3.32. The SMILES string of the molecule is Cc1nc2ccc(-c3cc(N)nc(N)c3)nc2n1CCOc1ccccc1Cl. The summed E-state index contributed by atoms with van der Waals surface area (Å²) in [5.74, 6) is 2.23. The Kier molecular flexibility index (Phi) is 4.75. The maximum Gasteiger partial charge on any atom is 0.160 e. The van der Waals surface area contributed by atoms with Crippen molar-refractivity contribution in [1.29, 1.82) is 0 Å². The van der Waals surface area contributed by atoms with Gasteiger partial charge < -0.3 is 20.8 Å². The number of benzene rings is 1. The second-order valence-corrected chi connectivity index (χ2v) is 6.74. The van der Waals surface area contributed by atoms with Gasteiger partial charge in [-0.05, 0) is 43.3 Å². The molecule has 0 aliphatic rings. The van der Waals surface area contributed by atoms with Crippen LogP contribution < -0.4 is 16.2 Å². The molecule has 0 saturated carbocycles. The fraction of sp³-hybridized carbons (Fsp3) is 0.150. The number of imidazole rings is 1. The van der Waals surface area contributed by atoms with Crippen molar-refractivity contribution in [3.8, 4) is 17.0 Å². The van der Waals surface area contributed by atoms with Crippen LogP contribution in [0.2, 0.25) is 5.02 Å². The minimum absolute atomic E-state index is 0.356. The number of para-hydroxylation sites is 1. The van der Waals surface area contributed by atoms with E-state index < -0.39 is 0 Å². The molecule has 0 radical (unpaired) electrons. The van der Waals surface area contributed by atoms with Gasteiger partial charge in [0, 0.05) is 5.56 Å². The van der Waals surface area contributed by atoms with Crippen molar-refractivity contribution in [2.75, 3.05) is 18.1 Å². The van der Waals surface area contributed by atoms with Gasteiger partial charge in [-0.3, -0.25) is 0 Å². The Morgan fingerprint density at radius 3 is 2.50 bits per heavy atom. The first-order valence-electron chi connectivity index (χ1n) is 8.76. The average Bonchev–Trinajstić information content (AvgIpc) is 2.97. The molecule has 1 aromatic carbocycles. The van der Waals surface area contributed by atoms with E-state index in [1.54, 1.807) is 18.2 Å². The summed E-state index contributed by atoms with van der Waals surface area (Å²) in [4.78, 5) is 13.4. The van der Waals surface area contributed by atoms with E-state index in [1.807, 2.05) is 41.8 Å². The standard InChI is InChI=1S/C20H19ClN6O/c1-12-24-16-7-6-15(13-10-18(22)26-19(23)11-13)25-20(16)27(12)8-9-28-17-5-3-2-4-14(17)21/h2-7,10-11H,8-9H2,1H3,(H4,22,23,26). The number of nitrogens with two attached hydrogens (primary N) is 2. The molecule has 4 aromatic rings. The van der Waals surface area contributed by atoms with Crippen LogP contribution in [0.15, 0.2) is 48.5 Å². The summed E-state index contributed by atoms with van der Waals surface area (Å²) in [7, 11) is 0. The van der Waals surface area contributed by atoms with Crippen LogP contribution in [-0.2, 0) is 6.54 Å². The van der Waals surface area contributed by atoms with Crippen LogP contribution >= 0.6 is 11.6 Å². The molecule has 0 fully saturated rings. The van der Waals surface area contributed by atoms with E-state index in [0.717, 1.165) is 28.2 Å². The number of aryl methyl sites for hydroxylation is 1. The third-order valence-corrected chi connectivity index (χ3v) is 4.67. The maximum atomic E-state index is 6.14. The van der Waals surface area contributed by atoms with Gasteiger partial charge in [-0.15, -0.1) is 0 Å². The van der Waals surface area contributed by atoms with Crippen LogP contribution in [0.1, 0.15) is 5.82 Å². The zero-order valence-corrected chi connectivity index (χ0v) is 16.0.